The lowest BCUT2D eigenvalue weighted by Crippen LogP contribution is -2.21. The molecule has 1 heterocycles. The number of carbonyl (C=O) groups is 2. The average molecular weight is 387 g/mol. The van der Waals surface area contributed by atoms with Crippen LogP contribution in [-0.4, -0.2) is 23.5 Å². The fourth-order valence-electron chi connectivity index (χ4n) is 3.56. The van der Waals surface area contributed by atoms with Crippen molar-refractivity contribution in [2.24, 2.45) is 0 Å². The Morgan fingerprint density at radius 1 is 1.22 bits per heavy atom. The number of carbonyl (C=O) groups excluding carboxylic acids is 2. The molecule has 6 heteroatoms. The van der Waals surface area contributed by atoms with Crippen LogP contribution in [0.1, 0.15) is 78.8 Å². The van der Waals surface area contributed by atoms with Crippen molar-refractivity contribution in [3.05, 3.63) is 46.6 Å². The summed E-state index contributed by atoms with van der Waals surface area (Å²) in [5.41, 5.74) is 1.20. The molecule has 1 fully saturated rings. The van der Waals surface area contributed by atoms with Gasteiger partial charge in [0.15, 0.2) is 5.69 Å². The number of thiazole rings is 1. The standard InChI is InChI=1S/C21H26N2O3S/c1-3-16(14-10-6-5-7-11-14)18(24)23-20-17(21(25)26-4-2)22-19(27-20)15-12-8-9-13-15/h5-7,10-11,15-16H,3-4,8-9,12-13H2,1-2H3,(H,23,24). The molecular formula is C21H26N2O3S. The minimum absolute atomic E-state index is 0.115. The van der Waals surface area contributed by atoms with Gasteiger partial charge in [-0.1, -0.05) is 50.1 Å². The molecule has 0 radical (unpaired) electrons. The number of aromatic nitrogens is 1. The quantitative estimate of drug-likeness (QED) is 0.672. The number of anilines is 1. The Hall–Kier alpha value is -2.21. The lowest BCUT2D eigenvalue weighted by atomic mass is 9.96. The molecule has 0 spiro atoms. The van der Waals surface area contributed by atoms with Crippen LogP contribution in [0.15, 0.2) is 30.3 Å². The summed E-state index contributed by atoms with van der Waals surface area (Å²) in [7, 11) is 0. The summed E-state index contributed by atoms with van der Waals surface area (Å²) in [5.74, 6) is -0.472. The Kier molecular flexibility index (Phi) is 6.61. The lowest BCUT2D eigenvalue weighted by molar-refractivity contribution is -0.117. The van der Waals surface area contributed by atoms with Crippen molar-refractivity contribution in [3.63, 3.8) is 0 Å². The summed E-state index contributed by atoms with van der Waals surface area (Å²) in [6, 6.07) is 9.71. The molecule has 1 saturated carbocycles. The Balaban J connectivity index is 1.85. The summed E-state index contributed by atoms with van der Waals surface area (Å²) >= 11 is 1.42. The maximum absolute atomic E-state index is 12.9. The summed E-state index contributed by atoms with van der Waals surface area (Å²) in [4.78, 5) is 29.8. The molecule has 144 valence electrons. The summed E-state index contributed by atoms with van der Waals surface area (Å²) in [6.07, 6.45) is 5.23. The van der Waals surface area contributed by atoms with Crippen LogP contribution in [0.4, 0.5) is 5.00 Å². The second-order valence-electron chi connectivity index (χ2n) is 6.79. The number of benzene rings is 1. The van der Waals surface area contributed by atoms with Gasteiger partial charge in [-0.3, -0.25) is 4.79 Å². The smallest absolute Gasteiger partial charge is 0.360 e. The normalized spacial score (nSPS) is 15.5. The molecule has 27 heavy (non-hydrogen) atoms. The van der Waals surface area contributed by atoms with E-state index in [9.17, 15) is 9.59 Å². The number of hydrogen-bond acceptors (Lipinski definition) is 5. The fraction of sp³-hybridized carbons (Fsp3) is 0.476. The number of ether oxygens (including phenoxy) is 1. The van der Waals surface area contributed by atoms with Gasteiger partial charge in [-0.25, -0.2) is 9.78 Å². The molecule has 1 atom stereocenters. The zero-order chi connectivity index (χ0) is 19.2. The molecule has 3 rings (SSSR count). The summed E-state index contributed by atoms with van der Waals surface area (Å²) in [6.45, 7) is 4.03. The van der Waals surface area contributed by atoms with Gasteiger partial charge in [0.1, 0.15) is 5.00 Å². The van der Waals surface area contributed by atoms with Gasteiger partial charge < -0.3 is 10.1 Å². The van der Waals surface area contributed by atoms with E-state index in [2.05, 4.69) is 10.3 Å². The van der Waals surface area contributed by atoms with E-state index in [-0.39, 0.29) is 24.1 Å². The van der Waals surface area contributed by atoms with E-state index in [0.717, 1.165) is 23.4 Å². The van der Waals surface area contributed by atoms with Crippen LogP contribution in [-0.2, 0) is 9.53 Å². The van der Waals surface area contributed by atoms with Crippen molar-refractivity contribution >= 4 is 28.2 Å². The van der Waals surface area contributed by atoms with Crippen molar-refractivity contribution in [2.75, 3.05) is 11.9 Å². The van der Waals surface area contributed by atoms with Gasteiger partial charge in [-0.05, 0) is 31.7 Å². The van der Waals surface area contributed by atoms with Gasteiger partial charge in [0.25, 0.3) is 0 Å². The zero-order valence-electron chi connectivity index (χ0n) is 15.9. The highest BCUT2D eigenvalue weighted by atomic mass is 32.1. The average Bonchev–Trinajstić information content (AvgIpc) is 3.33. The highest BCUT2D eigenvalue weighted by molar-refractivity contribution is 7.16. The van der Waals surface area contributed by atoms with Crippen molar-refractivity contribution in [3.8, 4) is 0 Å². The molecule has 1 aliphatic carbocycles. The maximum atomic E-state index is 12.9. The first-order chi connectivity index (χ1) is 13.1. The minimum atomic E-state index is -0.471. The second kappa shape index (κ2) is 9.13. The van der Waals surface area contributed by atoms with Crippen molar-refractivity contribution in [2.45, 2.75) is 57.8 Å². The molecule has 1 aromatic heterocycles. The van der Waals surface area contributed by atoms with Crippen molar-refractivity contribution in [1.82, 2.24) is 4.98 Å². The van der Waals surface area contributed by atoms with E-state index >= 15 is 0 Å². The highest BCUT2D eigenvalue weighted by Gasteiger charge is 2.28. The highest BCUT2D eigenvalue weighted by Crippen LogP contribution is 2.39. The second-order valence-corrected chi connectivity index (χ2v) is 7.82. The SMILES string of the molecule is CCOC(=O)c1nc(C2CCCC2)sc1NC(=O)C(CC)c1ccccc1. The van der Waals surface area contributed by atoms with E-state index < -0.39 is 5.97 Å². The number of hydrogen-bond donors (Lipinski definition) is 1. The third-order valence-corrected chi connectivity index (χ3v) is 6.11. The van der Waals surface area contributed by atoms with Gasteiger partial charge in [-0.2, -0.15) is 0 Å². The van der Waals surface area contributed by atoms with Gasteiger partial charge in [0.05, 0.1) is 17.5 Å². The predicted octanol–water partition coefficient (Wildman–Crippen LogP) is 5.11. The van der Waals surface area contributed by atoms with Crippen molar-refractivity contribution in [1.29, 1.82) is 0 Å². The van der Waals surface area contributed by atoms with Crippen LogP contribution in [0.2, 0.25) is 0 Å². The third-order valence-electron chi connectivity index (χ3n) is 4.98. The molecule has 2 aromatic rings. The Morgan fingerprint density at radius 2 is 1.93 bits per heavy atom. The minimum Gasteiger partial charge on any atom is -0.461 e. The Bertz CT molecular complexity index is 782. The van der Waals surface area contributed by atoms with E-state index in [0.29, 0.717) is 17.3 Å². The number of amides is 1. The Labute approximate surface area is 164 Å². The lowest BCUT2D eigenvalue weighted by Gasteiger charge is -2.15. The molecule has 1 N–H and O–H groups in total. The first-order valence-electron chi connectivity index (χ1n) is 9.67. The number of nitrogens with zero attached hydrogens (tertiary/aromatic N) is 1. The van der Waals surface area contributed by atoms with Crippen LogP contribution in [0.25, 0.3) is 0 Å². The van der Waals surface area contributed by atoms with Gasteiger partial charge >= 0.3 is 5.97 Å². The molecule has 1 aliphatic rings. The summed E-state index contributed by atoms with van der Waals surface area (Å²) in [5, 5.41) is 4.40. The monoisotopic (exact) mass is 386 g/mol. The van der Waals surface area contributed by atoms with E-state index in [1.807, 2.05) is 37.3 Å². The zero-order valence-corrected chi connectivity index (χ0v) is 16.7. The number of esters is 1. The van der Waals surface area contributed by atoms with Crippen LogP contribution < -0.4 is 5.32 Å². The molecular weight excluding hydrogens is 360 g/mol. The number of rotatable bonds is 7. The van der Waals surface area contributed by atoms with Crippen molar-refractivity contribution < 1.29 is 14.3 Å². The molecule has 0 aliphatic heterocycles. The number of nitrogens with one attached hydrogen (secondary N) is 1. The molecule has 1 aromatic carbocycles. The summed E-state index contributed by atoms with van der Waals surface area (Å²) < 4.78 is 5.15. The molecule has 5 nitrogen and oxygen atoms in total. The molecule has 0 saturated heterocycles. The molecule has 1 unspecified atom stereocenters. The maximum Gasteiger partial charge on any atom is 0.360 e. The predicted molar refractivity (Wildman–Crippen MR) is 107 cm³/mol. The van der Waals surface area contributed by atoms with E-state index in [1.165, 1.54) is 24.2 Å². The van der Waals surface area contributed by atoms with Crippen LogP contribution in [0.3, 0.4) is 0 Å². The first-order valence-corrected chi connectivity index (χ1v) is 10.5. The van der Waals surface area contributed by atoms with Crippen LogP contribution in [0.5, 0.6) is 0 Å². The van der Waals surface area contributed by atoms with E-state index in [4.69, 9.17) is 4.74 Å². The molecule has 0 bridgehead atoms. The Morgan fingerprint density at radius 3 is 2.56 bits per heavy atom. The topological polar surface area (TPSA) is 68.3 Å². The van der Waals surface area contributed by atoms with Crippen LogP contribution >= 0.6 is 11.3 Å². The molecule has 1 amide bonds. The van der Waals surface area contributed by atoms with Gasteiger partial charge in [-0.15, -0.1) is 11.3 Å². The van der Waals surface area contributed by atoms with Gasteiger partial charge in [0, 0.05) is 5.92 Å². The first kappa shape index (κ1) is 19.5. The largest absolute Gasteiger partial charge is 0.461 e. The van der Waals surface area contributed by atoms with Gasteiger partial charge in [0.2, 0.25) is 5.91 Å². The van der Waals surface area contributed by atoms with E-state index in [1.54, 1.807) is 6.92 Å². The van der Waals surface area contributed by atoms with Crippen LogP contribution in [0, 0.1) is 0 Å². The third kappa shape index (κ3) is 4.56. The fourth-order valence-corrected chi connectivity index (χ4v) is 4.69.